The number of nitrogens with zero attached hydrogens (tertiary/aromatic N) is 2. The third-order valence-corrected chi connectivity index (χ3v) is 4.26. The lowest BCUT2D eigenvalue weighted by Gasteiger charge is -2.18. The maximum absolute atomic E-state index is 13.8. The van der Waals surface area contributed by atoms with Crippen molar-refractivity contribution >= 4 is 11.6 Å². The molecule has 9 heteroatoms. The van der Waals surface area contributed by atoms with E-state index in [-0.39, 0.29) is 5.92 Å². The van der Waals surface area contributed by atoms with Crippen LogP contribution in [0, 0.1) is 11.7 Å². The monoisotopic (exact) mass is 356 g/mol. The van der Waals surface area contributed by atoms with Crippen molar-refractivity contribution in [2.45, 2.75) is 12.1 Å². The number of hydrogen-bond acceptors (Lipinski definition) is 3. The topological polar surface area (TPSA) is 59.0 Å². The van der Waals surface area contributed by atoms with E-state index in [9.17, 15) is 22.4 Å². The number of aromatic nitrogens is 2. The van der Waals surface area contributed by atoms with Crippen molar-refractivity contribution in [2.75, 3.05) is 18.4 Å². The first-order chi connectivity index (χ1) is 11.8. The number of rotatable bonds is 3. The van der Waals surface area contributed by atoms with Gasteiger partial charge in [0.2, 0.25) is 5.91 Å². The molecule has 25 heavy (non-hydrogen) atoms. The highest BCUT2D eigenvalue weighted by Crippen LogP contribution is 2.33. The quantitative estimate of drug-likeness (QED) is 0.831. The SMILES string of the molecule is Cn1cc([C@H]2CNC[C@@H]2C(=O)Nc2cc(C(F)(F)F)ccc2F)cn1. The van der Waals surface area contributed by atoms with Gasteiger partial charge in [0.25, 0.3) is 0 Å². The van der Waals surface area contributed by atoms with Crippen molar-refractivity contribution in [3.8, 4) is 0 Å². The molecule has 1 aliphatic heterocycles. The second-order valence-electron chi connectivity index (χ2n) is 6.00. The van der Waals surface area contributed by atoms with Crippen LogP contribution in [0.2, 0.25) is 0 Å². The van der Waals surface area contributed by atoms with Crippen molar-refractivity contribution in [3.63, 3.8) is 0 Å². The summed E-state index contributed by atoms with van der Waals surface area (Å²) >= 11 is 0. The number of aryl methyl sites for hydroxylation is 1. The zero-order valence-electron chi connectivity index (χ0n) is 13.3. The third-order valence-electron chi connectivity index (χ3n) is 4.26. The predicted octanol–water partition coefficient (Wildman–Crippen LogP) is 2.52. The third kappa shape index (κ3) is 3.65. The Morgan fingerprint density at radius 3 is 2.76 bits per heavy atom. The molecule has 1 aromatic carbocycles. The maximum Gasteiger partial charge on any atom is 0.416 e. The molecule has 0 spiro atoms. The molecule has 0 radical (unpaired) electrons. The molecule has 1 amide bonds. The Labute approximate surface area is 141 Å². The molecule has 0 bridgehead atoms. The summed E-state index contributed by atoms with van der Waals surface area (Å²) in [4.78, 5) is 12.5. The molecular formula is C16H16F4N4O. The van der Waals surface area contributed by atoms with Gasteiger partial charge in [-0.25, -0.2) is 4.39 Å². The number of carbonyl (C=O) groups is 1. The molecule has 3 rings (SSSR count). The lowest BCUT2D eigenvalue weighted by atomic mass is 9.90. The van der Waals surface area contributed by atoms with E-state index in [1.807, 2.05) is 0 Å². The number of nitrogens with one attached hydrogen (secondary N) is 2. The van der Waals surface area contributed by atoms with E-state index in [1.165, 1.54) is 0 Å². The van der Waals surface area contributed by atoms with Gasteiger partial charge in [-0.15, -0.1) is 0 Å². The smallest absolute Gasteiger partial charge is 0.323 e. The van der Waals surface area contributed by atoms with Crippen LogP contribution >= 0.6 is 0 Å². The van der Waals surface area contributed by atoms with E-state index in [4.69, 9.17) is 0 Å². The van der Waals surface area contributed by atoms with Crippen molar-refractivity contribution in [1.82, 2.24) is 15.1 Å². The number of amides is 1. The molecule has 134 valence electrons. The summed E-state index contributed by atoms with van der Waals surface area (Å²) in [5, 5.41) is 9.43. The largest absolute Gasteiger partial charge is 0.416 e. The van der Waals surface area contributed by atoms with Gasteiger partial charge in [-0.1, -0.05) is 0 Å². The summed E-state index contributed by atoms with van der Waals surface area (Å²) in [7, 11) is 1.75. The van der Waals surface area contributed by atoms with E-state index < -0.39 is 35.1 Å². The zero-order valence-corrected chi connectivity index (χ0v) is 13.3. The summed E-state index contributed by atoms with van der Waals surface area (Å²) in [5.41, 5.74) is -0.647. The number of benzene rings is 1. The zero-order chi connectivity index (χ0) is 18.2. The number of hydrogen-bond donors (Lipinski definition) is 2. The van der Waals surface area contributed by atoms with Crippen LogP contribution in [0.15, 0.2) is 30.6 Å². The minimum Gasteiger partial charge on any atom is -0.323 e. The van der Waals surface area contributed by atoms with Crippen LogP contribution < -0.4 is 10.6 Å². The maximum atomic E-state index is 13.8. The highest BCUT2D eigenvalue weighted by molar-refractivity contribution is 5.93. The Kier molecular flexibility index (Phi) is 4.51. The van der Waals surface area contributed by atoms with Gasteiger partial charge in [0.15, 0.2) is 0 Å². The minimum absolute atomic E-state index is 0.178. The van der Waals surface area contributed by atoms with Crippen LogP contribution in [0.1, 0.15) is 17.0 Å². The molecule has 2 atom stereocenters. The molecular weight excluding hydrogens is 340 g/mol. The summed E-state index contributed by atoms with van der Waals surface area (Å²) in [6, 6.07) is 1.94. The van der Waals surface area contributed by atoms with E-state index in [0.717, 1.165) is 5.56 Å². The first-order valence-electron chi connectivity index (χ1n) is 7.62. The molecule has 1 aliphatic rings. The van der Waals surface area contributed by atoms with Crippen molar-refractivity contribution in [1.29, 1.82) is 0 Å². The van der Waals surface area contributed by atoms with Crippen molar-refractivity contribution in [2.24, 2.45) is 13.0 Å². The van der Waals surface area contributed by atoms with Gasteiger partial charge in [-0.2, -0.15) is 18.3 Å². The summed E-state index contributed by atoms with van der Waals surface area (Å²) in [6.07, 6.45) is -1.19. The van der Waals surface area contributed by atoms with Crippen LogP contribution in [0.5, 0.6) is 0 Å². The minimum atomic E-state index is -4.61. The van der Waals surface area contributed by atoms with Crippen LogP contribution in [-0.2, 0) is 18.0 Å². The van der Waals surface area contributed by atoms with E-state index in [2.05, 4.69) is 15.7 Å². The van der Waals surface area contributed by atoms with Gasteiger partial charge in [-0.05, 0) is 23.8 Å². The number of anilines is 1. The van der Waals surface area contributed by atoms with E-state index in [1.54, 1.807) is 24.1 Å². The van der Waals surface area contributed by atoms with E-state index in [0.29, 0.717) is 31.3 Å². The molecule has 5 nitrogen and oxygen atoms in total. The van der Waals surface area contributed by atoms with Gasteiger partial charge in [0, 0.05) is 32.3 Å². The molecule has 0 saturated carbocycles. The van der Waals surface area contributed by atoms with Gasteiger partial charge >= 0.3 is 6.18 Å². The van der Waals surface area contributed by atoms with Gasteiger partial charge in [0.1, 0.15) is 5.82 Å². The van der Waals surface area contributed by atoms with Gasteiger partial charge in [-0.3, -0.25) is 9.48 Å². The fraction of sp³-hybridized carbons (Fsp3) is 0.375. The first-order valence-corrected chi connectivity index (χ1v) is 7.62. The molecule has 1 saturated heterocycles. The number of halogens is 4. The summed E-state index contributed by atoms with van der Waals surface area (Å²) in [6.45, 7) is 0.890. The lowest BCUT2D eigenvalue weighted by molar-refractivity contribution is -0.137. The molecule has 2 N–H and O–H groups in total. The Bertz CT molecular complexity index is 787. The molecule has 1 fully saturated rings. The second kappa shape index (κ2) is 6.47. The first kappa shape index (κ1) is 17.4. The van der Waals surface area contributed by atoms with E-state index >= 15 is 0 Å². The summed E-state index contributed by atoms with van der Waals surface area (Å²) in [5.74, 6) is -2.15. The fourth-order valence-corrected chi connectivity index (χ4v) is 2.96. The molecule has 0 unspecified atom stereocenters. The van der Waals surface area contributed by atoms with Crippen molar-refractivity contribution in [3.05, 3.63) is 47.5 Å². The molecule has 2 heterocycles. The number of carbonyl (C=O) groups excluding carboxylic acids is 1. The lowest BCUT2D eigenvalue weighted by Crippen LogP contribution is -2.28. The average Bonchev–Trinajstić information content (AvgIpc) is 3.16. The predicted molar refractivity (Wildman–Crippen MR) is 82.3 cm³/mol. The van der Waals surface area contributed by atoms with Crippen LogP contribution in [0.25, 0.3) is 0 Å². The Morgan fingerprint density at radius 2 is 2.12 bits per heavy atom. The number of alkyl halides is 3. The average molecular weight is 356 g/mol. The fourth-order valence-electron chi connectivity index (χ4n) is 2.96. The molecule has 1 aromatic heterocycles. The highest BCUT2D eigenvalue weighted by Gasteiger charge is 2.36. The van der Waals surface area contributed by atoms with Gasteiger partial charge in [0.05, 0.1) is 23.4 Å². The Balaban J connectivity index is 1.80. The van der Waals surface area contributed by atoms with Gasteiger partial charge < -0.3 is 10.6 Å². The van der Waals surface area contributed by atoms with Crippen molar-refractivity contribution < 1.29 is 22.4 Å². The normalized spacial score (nSPS) is 20.7. The standard InChI is InChI=1S/C16H16F4N4O/c1-24-8-9(5-22-24)11-6-21-7-12(11)15(25)23-14-4-10(16(18,19)20)2-3-13(14)17/h2-5,8,11-12,21H,6-7H2,1H3,(H,23,25)/t11-,12+/m1/s1. The molecule has 0 aliphatic carbocycles. The summed E-state index contributed by atoms with van der Waals surface area (Å²) < 4.78 is 53.7. The Hall–Kier alpha value is -2.42. The highest BCUT2D eigenvalue weighted by atomic mass is 19.4. The van der Waals surface area contributed by atoms with Crippen LogP contribution in [0.3, 0.4) is 0 Å². The van der Waals surface area contributed by atoms with Crippen LogP contribution in [0.4, 0.5) is 23.2 Å². The Morgan fingerprint density at radius 1 is 1.36 bits per heavy atom. The van der Waals surface area contributed by atoms with Crippen LogP contribution in [-0.4, -0.2) is 28.8 Å². The molecule has 2 aromatic rings. The second-order valence-corrected chi connectivity index (χ2v) is 6.00.